The Morgan fingerprint density at radius 3 is 2.16 bits per heavy atom. The standard InChI is InChI=1S/C25H21ClN2O3/c1-27(16-17-8-4-3-5-9-17)23-22(18-12-14-19(31-2)15-13-18)24(29)28(25(23)30)21-11-7-6-10-20(21)26/h3-15H,16H2,1-2H3. The number of methoxy groups -OCH3 is 1. The van der Waals surface area contributed by atoms with Crippen molar-refractivity contribution in [2.24, 2.45) is 0 Å². The van der Waals surface area contributed by atoms with Crippen molar-refractivity contribution in [2.45, 2.75) is 6.54 Å². The number of benzene rings is 3. The number of carbonyl (C=O) groups is 2. The first-order chi connectivity index (χ1) is 15.0. The van der Waals surface area contributed by atoms with Gasteiger partial charge in [-0.1, -0.05) is 66.2 Å². The van der Waals surface area contributed by atoms with Crippen molar-refractivity contribution in [3.8, 4) is 5.75 Å². The molecule has 4 rings (SSSR count). The van der Waals surface area contributed by atoms with E-state index < -0.39 is 11.8 Å². The molecule has 0 bridgehead atoms. The van der Waals surface area contributed by atoms with E-state index in [1.807, 2.05) is 42.3 Å². The lowest BCUT2D eigenvalue weighted by Gasteiger charge is -2.22. The van der Waals surface area contributed by atoms with Gasteiger partial charge in [0.1, 0.15) is 11.4 Å². The van der Waals surface area contributed by atoms with Gasteiger partial charge in [0, 0.05) is 13.6 Å². The molecule has 0 N–H and O–H groups in total. The van der Waals surface area contributed by atoms with E-state index in [1.54, 1.807) is 55.6 Å². The third-order valence-electron chi connectivity index (χ3n) is 5.18. The fraction of sp³-hybridized carbons (Fsp3) is 0.120. The highest BCUT2D eigenvalue weighted by Gasteiger charge is 2.42. The first kappa shape index (κ1) is 20.7. The minimum Gasteiger partial charge on any atom is -0.497 e. The van der Waals surface area contributed by atoms with Crippen LogP contribution in [0, 0.1) is 0 Å². The van der Waals surface area contributed by atoms with Gasteiger partial charge in [-0.25, -0.2) is 4.90 Å². The smallest absolute Gasteiger partial charge is 0.282 e. The summed E-state index contributed by atoms with van der Waals surface area (Å²) in [4.78, 5) is 30.0. The lowest BCUT2D eigenvalue weighted by molar-refractivity contribution is -0.120. The van der Waals surface area contributed by atoms with Gasteiger partial charge in [-0.3, -0.25) is 9.59 Å². The zero-order valence-electron chi connectivity index (χ0n) is 17.2. The molecule has 1 aliphatic rings. The Labute approximate surface area is 186 Å². The van der Waals surface area contributed by atoms with Crippen molar-refractivity contribution in [3.63, 3.8) is 0 Å². The third kappa shape index (κ3) is 3.92. The molecule has 0 saturated carbocycles. The van der Waals surface area contributed by atoms with Crippen molar-refractivity contribution >= 4 is 34.7 Å². The Balaban J connectivity index is 1.81. The normalized spacial score (nSPS) is 13.7. The molecule has 0 aliphatic carbocycles. The number of rotatable bonds is 6. The molecule has 0 unspecified atom stereocenters. The van der Waals surface area contributed by atoms with Crippen molar-refractivity contribution < 1.29 is 14.3 Å². The van der Waals surface area contributed by atoms with E-state index in [2.05, 4.69) is 0 Å². The minimum absolute atomic E-state index is 0.332. The second kappa shape index (κ2) is 8.66. The van der Waals surface area contributed by atoms with Crippen molar-refractivity contribution in [3.05, 3.63) is 101 Å². The molecule has 1 aliphatic heterocycles. The quantitative estimate of drug-likeness (QED) is 0.527. The summed E-state index contributed by atoms with van der Waals surface area (Å²) in [6.07, 6.45) is 0. The van der Waals surface area contributed by atoms with E-state index in [-0.39, 0.29) is 0 Å². The number of ether oxygens (including phenoxy) is 1. The monoisotopic (exact) mass is 432 g/mol. The van der Waals surface area contributed by atoms with Crippen LogP contribution >= 0.6 is 11.6 Å². The summed E-state index contributed by atoms with van der Waals surface area (Å²) in [6.45, 7) is 0.477. The molecule has 0 atom stereocenters. The van der Waals surface area contributed by atoms with Crippen LogP contribution in [-0.2, 0) is 16.1 Å². The van der Waals surface area contributed by atoms with Gasteiger partial charge in [0.05, 0.1) is 23.4 Å². The molecule has 31 heavy (non-hydrogen) atoms. The van der Waals surface area contributed by atoms with E-state index >= 15 is 0 Å². The number of amides is 2. The van der Waals surface area contributed by atoms with Gasteiger partial charge in [-0.15, -0.1) is 0 Å². The van der Waals surface area contributed by atoms with E-state index in [4.69, 9.17) is 16.3 Å². The molecule has 0 aromatic heterocycles. The Bertz CT molecular complexity index is 1160. The Hall–Kier alpha value is -3.57. The van der Waals surface area contributed by atoms with Gasteiger partial charge < -0.3 is 9.64 Å². The first-order valence-electron chi connectivity index (χ1n) is 9.78. The van der Waals surface area contributed by atoms with E-state index in [1.165, 1.54) is 0 Å². The predicted molar refractivity (Wildman–Crippen MR) is 122 cm³/mol. The Kier molecular flexibility index (Phi) is 5.78. The van der Waals surface area contributed by atoms with Crippen LogP contribution in [0.4, 0.5) is 5.69 Å². The molecule has 6 heteroatoms. The zero-order chi connectivity index (χ0) is 22.0. The number of imide groups is 1. The summed E-state index contributed by atoms with van der Waals surface area (Å²) in [5, 5.41) is 0.338. The number of likely N-dealkylation sites (N-methyl/N-ethyl adjacent to an activating group) is 1. The van der Waals surface area contributed by atoms with Crippen LogP contribution in [0.15, 0.2) is 84.6 Å². The van der Waals surface area contributed by atoms with Gasteiger partial charge >= 0.3 is 0 Å². The summed E-state index contributed by atoms with van der Waals surface area (Å²) in [5.74, 6) is -0.135. The van der Waals surface area contributed by atoms with Gasteiger partial charge in [-0.2, -0.15) is 0 Å². The summed E-state index contributed by atoms with van der Waals surface area (Å²) in [7, 11) is 3.39. The molecule has 0 spiro atoms. The highest BCUT2D eigenvalue weighted by Crippen LogP contribution is 2.37. The zero-order valence-corrected chi connectivity index (χ0v) is 18.0. The van der Waals surface area contributed by atoms with E-state index in [0.717, 1.165) is 10.5 Å². The number of para-hydroxylation sites is 1. The van der Waals surface area contributed by atoms with Crippen molar-refractivity contribution in [1.82, 2.24) is 4.90 Å². The van der Waals surface area contributed by atoms with Crippen LogP contribution in [0.3, 0.4) is 0 Å². The van der Waals surface area contributed by atoms with Gasteiger partial charge in [0.25, 0.3) is 11.8 Å². The molecular weight excluding hydrogens is 412 g/mol. The summed E-state index contributed by atoms with van der Waals surface area (Å²) in [6, 6.07) is 23.7. The maximum atomic E-state index is 13.5. The predicted octanol–water partition coefficient (Wildman–Crippen LogP) is 4.77. The number of hydrogen-bond acceptors (Lipinski definition) is 4. The average molecular weight is 433 g/mol. The van der Waals surface area contributed by atoms with E-state index in [9.17, 15) is 9.59 Å². The maximum absolute atomic E-state index is 13.5. The van der Waals surface area contributed by atoms with Crippen LogP contribution < -0.4 is 9.64 Å². The van der Waals surface area contributed by atoms with Gasteiger partial charge in [0.2, 0.25) is 0 Å². The van der Waals surface area contributed by atoms with Crippen molar-refractivity contribution in [1.29, 1.82) is 0 Å². The molecule has 0 saturated heterocycles. The second-order valence-corrected chi connectivity index (χ2v) is 7.60. The number of hydrogen-bond donors (Lipinski definition) is 0. The third-order valence-corrected chi connectivity index (χ3v) is 5.50. The highest BCUT2D eigenvalue weighted by molar-refractivity contribution is 6.47. The summed E-state index contributed by atoms with van der Waals surface area (Å²) < 4.78 is 5.23. The largest absolute Gasteiger partial charge is 0.497 e. The average Bonchev–Trinajstić information content (AvgIpc) is 3.05. The molecule has 0 radical (unpaired) electrons. The number of anilines is 1. The first-order valence-corrected chi connectivity index (χ1v) is 10.2. The fourth-order valence-electron chi connectivity index (χ4n) is 3.68. The highest BCUT2D eigenvalue weighted by atomic mass is 35.5. The lowest BCUT2D eigenvalue weighted by Crippen LogP contribution is -2.34. The number of nitrogens with zero attached hydrogens (tertiary/aromatic N) is 2. The lowest BCUT2D eigenvalue weighted by atomic mass is 10.0. The fourth-order valence-corrected chi connectivity index (χ4v) is 3.90. The number of carbonyl (C=O) groups excluding carboxylic acids is 2. The SMILES string of the molecule is COc1ccc(C2=C(N(C)Cc3ccccc3)C(=O)N(c3ccccc3Cl)C2=O)cc1. The summed E-state index contributed by atoms with van der Waals surface area (Å²) in [5.41, 5.74) is 2.71. The van der Waals surface area contributed by atoms with Crippen molar-refractivity contribution in [2.75, 3.05) is 19.1 Å². The second-order valence-electron chi connectivity index (χ2n) is 7.19. The molecule has 1 heterocycles. The van der Waals surface area contributed by atoms with Crippen LogP contribution in [0.5, 0.6) is 5.75 Å². The van der Waals surface area contributed by atoms with Crippen LogP contribution in [-0.4, -0.2) is 30.9 Å². The molecule has 2 amide bonds. The number of halogens is 1. The topological polar surface area (TPSA) is 49.9 Å². The molecule has 3 aromatic carbocycles. The molecule has 0 fully saturated rings. The van der Waals surface area contributed by atoms with Gasteiger partial charge in [-0.05, 0) is 35.4 Å². The minimum atomic E-state index is -0.404. The Morgan fingerprint density at radius 1 is 0.871 bits per heavy atom. The van der Waals surface area contributed by atoms with Gasteiger partial charge in [0.15, 0.2) is 0 Å². The summed E-state index contributed by atoms with van der Waals surface area (Å²) >= 11 is 6.33. The Morgan fingerprint density at radius 2 is 1.52 bits per heavy atom. The van der Waals surface area contributed by atoms with Crippen LogP contribution in [0.1, 0.15) is 11.1 Å². The maximum Gasteiger partial charge on any atom is 0.282 e. The molecule has 156 valence electrons. The van der Waals surface area contributed by atoms with Crippen LogP contribution in [0.25, 0.3) is 5.57 Å². The molecule has 3 aromatic rings. The van der Waals surface area contributed by atoms with Crippen LogP contribution in [0.2, 0.25) is 5.02 Å². The van der Waals surface area contributed by atoms with E-state index in [0.29, 0.717) is 39.8 Å². The molecular formula is C25H21ClN2O3. The molecule has 5 nitrogen and oxygen atoms in total.